The zero-order valence-electron chi connectivity index (χ0n) is 8.69. The van der Waals surface area contributed by atoms with Crippen molar-refractivity contribution in [3.63, 3.8) is 0 Å². The fourth-order valence-corrected chi connectivity index (χ4v) is 2.40. The second kappa shape index (κ2) is 4.03. The normalized spacial score (nSPS) is 12.3. The molecule has 82 valence electrons. The Labute approximate surface area is 89.1 Å². The highest BCUT2D eigenvalue weighted by Crippen LogP contribution is 2.20. The highest BCUT2D eigenvalue weighted by Gasteiger charge is 2.23. The number of sulfone groups is 1. The number of H-pyrrole nitrogens is 1. The van der Waals surface area contributed by atoms with Gasteiger partial charge in [0.25, 0.3) is 0 Å². The first-order valence-electron chi connectivity index (χ1n) is 4.51. The number of rotatable bonds is 4. The van der Waals surface area contributed by atoms with Gasteiger partial charge in [-0.3, -0.25) is 0 Å². The molecule has 15 heavy (non-hydrogen) atoms. The third-order valence-corrected chi connectivity index (χ3v) is 3.62. The van der Waals surface area contributed by atoms with Crippen LogP contribution in [0.25, 0.3) is 0 Å². The Balaban J connectivity index is 2.73. The van der Waals surface area contributed by atoms with Crippen molar-refractivity contribution < 1.29 is 8.42 Å². The van der Waals surface area contributed by atoms with Gasteiger partial charge in [0.1, 0.15) is 0 Å². The molecule has 0 aromatic carbocycles. The second-order valence-corrected chi connectivity index (χ2v) is 5.98. The number of nitrogens with zero attached hydrogens (tertiary/aromatic N) is 2. The molecule has 0 fully saturated rings. The summed E-state index contributed by atoms with van der Waals surface area (Å²) in [6.45, 7) is 3.43. The van der Waals surface area contributed by atoms with E-state index in [4.69, 9.17) is 5.26 Å². The van der Waals surface area contributed by atoms with Crippen LogP contribution in [0.2, 0.25) is 0 Å². The van der Waals surface area contributed by atoms with Crippen molar-refractivity contribution in [2.75, 3.05) is 5.75 Å². The average Bonchev–Trinajstić information content (AvgIpc) is 2.69. The Morgan fingerprint density at radius 2 is 2.27 bits per heavy atom. The number of nitriles is 1. The quantitative estimate of drug-likeness (QED) is 0.835. The number of aromatic nitrogens is 2. The minimum absolute atomic E-state index is 0.0313. The van der Waals surface area contributed by atoms with E-state index in [1.165, 1.54) is 12.4 Å². The maximum absolute atomic E-state index is 11.7. The summed E-state index contributed by atoms with van der Waals surface area (Å²) in [5.74, 6) is -0.0684. The Hall–Kier alpha value is -1.35. The lowest BCUT2D eigenvalue weighted by molar-refractivity contribution is 0.472. The van der Waals surface area contributed by atoms with Crippen molar-refractivity contribution in [2.45, 2.75) is 25.4 Å². The first-order chi connectivity index (χ1) is 6.87. The summed E-state index contributed by atoms with van der Waals surface area (Å²) in [4.78, 5) is 6.24. The van der Waals surface area contributed by atoms with Crippen molar-refractivity contribution in [1.82, 2.24) is 9.97 Å². The van der Waals surface area contributed by atoms with Gasteiger partial charge in [0, 0.05) is 12.4 Å². The van der Waals surface area contributed by atoms with Crippen LogP contribution in [0.4, 0.5) is 0 Å². The van der Waals surface area contributed by atoms with E-state index in [2.05, 4.69) is 16.0 Å². The summed E-state index contributed by atoms with van der Waals surface area (Å²) in [7, 11) is -3.38. The molecular weight excluding hydrogens is 214 g/mol. The number of nitrogens with one attached hydrogen (secondary N) is 1. The first kappa shape index (κ1) is 11.7. The number of imidazole rings is 1. The molecule has 0 atom stereocenters. The van der Waals surface area contributed by atoms with Gasteiger partial charge in [0.05, 0.1) is 17.2 Å². The van der Waals surface area contributed by atoms with Crippen LogP contribution in [0.15, 0.2) is 17.6 Å². The van der Waals surface area contributed by atoms with Gasteiger partial charge >= 0.3 is 0 Å². The lowest BCUT2D eigenvalue weighted by Crippen LogP contribution is -2.17. The summed E-state index contributed by atoms with van der Waals surface area (Å²) in [6.07, 6.45) is 3.15. The monoisotopic (exact) mass is 227 g/mol. The number of hydrogen-bond donors (Lipinski definition) is 1. The summed E-state index contributed by atoms with van der Waals surface area (Å²) in [5.41, 5.74) is -0.625. The second-order valence-electron chi connectivity index (χ2n) is 3.96. The van der Waals surface area contributed by atoms with Crippen LogP contribution in [0.3, 0.4) is 0 Å². The fourth-order valence-electron chi connectivity index (χ4n) is 0.963. The lowest BCUT2D eigenvalue weighted by atomic mass is 9.93. The maximum Gasteiger partial charge on any atom is 0.224 e. The molecule has 0 saturated heterocycles. The van der Waals surface area contributed by atoms with E-state index in [-0.39, 0.29) is 10.9 Å². The van der Waals surface area contributed by atoms with Crippen LogP contribution >= 0.6 is 0 Å². The van der Waals surface area contributed by atoms with E-state index < -0.39 is 15.3 Å². The molecule has 1 heterocycles. The number of hydrogen-bond acceptors (Lipinski definition) is 4. The molecule has 0 bridgehead atoms. The zero-order valence-corrected chi connectivity index (χ0v) is 9.50. The Morgan fingerprint density at radius 3 is 2.73 bits per heavy atom. The van der Waals surface area contributed by atoms with Crippen LogP contribution in [-0.4, -0.2) is 24.1 Å². The zero-order chi connectivity index (χ0) is 11.5. The van der Waals surface area contributed by atoms with Gasteiger partial charge in [0.2, 0.25) is 15.0 Å². The molecule has 0 spiro atoms. The van der Waals surface area contributed by atoms with Crippen molar-refractivity contribution in [3.8, 4) is 6.07 Å². The molecule has 0 unspecified atom stereocenters. The summed E-state index contributed by atoms with van der Waals surface area (Å²) in [6, 6.07) is 2.06. The molecule has 1 N–H and O–H groups in total. The SMILES string of the molecule is CC(C)(C#N)CCS(=O)(=O)c1ncc[nH]1. The van der Waals surface area contributed by atoms with Gasteiger partial charge in [0.15, 0.2) is 0 Å². The van der Waals surface area contributed by atoms with E-state index >= 15 is 0 Å². The Kier molecular flexibility index (Phi) is 3.15. The third kappa shape index (κ3) is 3.06. The molecule has 5 nitrogen and oxygen atoms in total. The van der Waals surface area contributed by atoms with Gasteiger partial charge in [-0.2, -0.15) is 5.26 Å². The van der Waals surface area contributed by atoms with Crippen LogP contribution in [0.5, 0.6) is 0 Å². The first-order valence-corrected chi connectivity index (χ1v) is 6.16. The van der Waals surface area contributed by atoms with Crippen LogP contribution < -0.4 is 0 Å². The molecule has 1 aromatic rings. The average molecular weight is 227 g/mol. The molecule has 0 saturated carbocycles. The Morgan fingerprint density at radius 1 is 1.60 bits per heavy atom. The molecule has 1 aromatic heterocycles. The molecule has 6 heteroatoms. The predicted octanol–water partition coefficient (Wildman–Crippen LogP) is 1.12. The molecule has 0 aliphatic heterocycles. The topological polar surface area (TPSA) is 86.6 Å². The predicted molar refractivity (Wildman–Crippen MR) is 54.7 cm³/mol. The lowest BCUT2D eigenvalue weighted by Gasteiger charge is -2.13. The van der Waals surface area contributed by atoms with Crippen molar-refractivity contribution in [3.05, 3.63) is 12.4 Å². The highest BCUT2D eigenvalue weighted by molar-refractivity contribution is 7.91. The van der Waals surface area contributed by atoms with E-state index in [9.17, 15) is 8.42 Å². The highest BCUT2D eigenvalue weighted by atomic mass is 32.2. The molecule has 0 amide bonds. The maximum atomic E-state index is 11.7. The van der Waals surface area contributed by atoms with Gasteiger partial charge in [-0.1, -0.05) is 0 Å². The minimum atomic E-state index is -3.38. The van der Waals surface area contributed by atoms with E-state index in [0.29, 0.717) is 6.42 Å². The van der Waals surface area contributed by atoms with Gasteiger partial charge in [-0.25, -0.2) is 13.4 Å². The van der Waals surface area contributed by atoms with E-state index in [0.717, 1.165) is 0 Å². The molecule has 0 aliphatic carbocycles. The van der Waals surface area contributed by atoms with Crippen molar-refractivity contribution in [2.24, 2.45) is 5.41 Å². The van der Waals surface area contributed by atoms with E-state index in [1.807, 2.05) is 0 Å². The smallest absolute Gasteiger partial charge is 0.224 e. The standard InChI is InChI=1S/C9H13N3O2S/c1-9(2,7-10)3-6-15(13,14)8-11-4-5-12-8/h4-5H,3,6H2,1-2H3,(H,11,12). The fraction of sp³-hybridized carbons (Fsp3) is 0.556. The third-order valence-electron chi connectivity index (χ3n) is 2.07. The summed E-state index contributed by atoms with van der Waals surface area (Å²) < 4.78 is 23.3. The molecular formula is C9H13N3O2S. The van der Waals surface area contributed by atoms with Gasteiger partial charge in [-0.15, -0.1) is 0 Å². The molecule has 0 aliphatic rings. The van der Waals surface area contributed by atoms with Crippen LogP contribution in [0, 0.1) is 16.7 Å². The largest absolute Gasteiger partial charge is 0.336 e. The summed E-state index contributed by atoms with van der Waals surface area (Å²) >= 11 is 0. The summed E-state index contributed by atoms with van der Waals surface area (Å²) in [5, 5.41) is 8.72. The van der Waals surface area contributed by atoms with E-state index in [1.54, 1.807) is 13.8 Å². The van der Waals surface area contributed by atoms with Crippen molar-refractivity contribution in [1.29, 1.82) is 5.26 Å². The molecule has 1 rings (SSSR count). The van der Waals surface area contributed by atoms with Gasteiger partial charge < -0.3 is 4.98 Å². The van der Waals surface area contributed by atoms with Gasteiger partial charge in [-0.05, 0) is 20.3 Å². The van der Waals surface area contributed by atoms with Crippen LogP contribution in [0.1, 0.15) is 20.3 Å². The van der Waals surface area contributed by atoms with Crippen LogP contribution in [-0.2, 0) is 9.84 Å². The minimum Gasteiger partial charge on any atom is -0.336 e. The Bertz CT molecular complexity index is 454. The molecule has 0 radical (unpaired) electrons. The number of aromatic amines is 1. The van der Waals surface area contributed by atoms with Crippen molar-refractivity contribution >= 4 is 9.84 Å².